The Morgan fingerprint density at radius 1 is 1.32 bits per heavy atom. The third-order valence-electron chi connectivity index (χ3n) is 4.87. The number of aryl methyl sites for hydroxylation is 1. The van der Waals surface area contributed by atoms with Crippen LogP contribution in [0.3, 0.4) is 0 Å². The topological polar surface area (TPSA) is 58.6 Å². The van der Waals surface area contributed by atoms with E-state index in [1.54, 1.807) is 7.11 Å². The molecule has 0 saturated carbocycles. The van der Waals surface area contributed by atoms with E-state index in [2.05, 4.69) is 40.7 Å². The number of likely N-dealkylation sites (N-methyl/N-ethyl adjacent to an activating group) is 1. The van der Waals surface area contributed by atoms with E-state index in [-0.39, 0.29) is 17.9 Å². The van der Waals surface area contributed by atoms with Gasteiger partial charge < -0.3 is 14.5 Å². The molecule has 0 bridgehead atoms. The Kier molecular flexibility index (Phi) is 5.34. The third kappa shape index (κ3) is 3.52. The molecule has 1 aliphatic rings. The molecule has 1 saturated heterocycles. The third-order valence-corrected chi connectivity index (χ3v) is 5.62. The zero-order valence-corrected chi connectivity index (χ0v) is 15.9. The van der Waals surface area contributed by atoms with Crippen LogP contribution in [0.2, 0.25) is 0 Å². The van der Waals surface area contributed by atoms with Crippen LogP contribution in [-0.2, 0) is 6.42 Å². The quantitative estimate of drug-likeness (QED) is 0.819. The molecule has 134 valence electrons. The highest BCUT2D eigenvalue weighted by atomic mass is 32.1. The highest BCUT2D eigenvalue weighted by Gasteiger charge is 2.38. The number of hydrogen-bond acceptors (Lipinski definition) is 6. The molecular formula is C18H24N4O2S. The molecule has 25 heavy (non-hydrogen) atoms. The minimum atomic E-state index is 0.0507. The lowest BCUT2D eigenvalue weighted by molar-refractivity contribution is 0.0786. The van der Waals surface area contributed by atoms with Gasteiger partial charge in [0.1, 0.15) is 10.6 Å². The van der Waals surface area contributed by atoms with E-state index in [1.807, 2.05) is 24.0 Å². The Hall–Kier alpha value is -1.99. The second-order valence-corrected chi connectivity index (χ2v) is 7.28. The van der Waals surface area contributed by atoms with E-state index >= 15 is 0 Å². The summed E-state index contributed by atoms with van der Waals surface area (Å²) < 4.78 is 9.21. The predicted octanol–water partition coefficient (Wildman–Crippen LogP) is 2.28. The number of rotatable bonds is 5. The molecule has 3 rings (SSSR count). The van der Waals surface area contributed by atoms with Gasteiger partial charge in [-0.05, 0) is 49.7 Å². The molecular weight excluding hydrogens is 336 g/mol. The minimum absolute atomic E-state index is 0.0507. The first kappa shape index (κ1) is 17.8. The number of nitrogens with zero attached hydrogens (tertiary/aromatic N) is 4. The predicted molar refractivity (Wildman–Crippen MR) is 98.4 cm³/mol. The van der Waals surface area contributed by atoms with Gasteiger partial charge in [-0.3, -0.25) is 4.79 Å². The molecule has 1 amide bonds. The summed E-state index contributed by atoms with van der Waals surface area (Å²) in [6.07, 6.45) is 0.727. The molecule has 2 atom stereocenters. The molecule has 0 N–H and O–H groups in total. The van der Waals surface area contributed by atoms with E-state index in [0.29, 0.717) is 18.0 Å². The van der Waals surface area contributed by atoms with Gasteiger partial charge in [0.2, 0.25) is 0 Å². The van der Waals surface area contributed by atoms with Crippen LogP contribution < -0.4 is 4.74 Å². The van der Waals surface area contributed by atoms with Gasteiger partial charge in [-0.2, -0.15) is 0 Å². The number of methoxy groups -OCH3 is 1. The number of likely N-dealkylation sites (tertiary alicyclic amines) is 1. The molecule has 6 nitrogen and oxygen atoms in total. The number of carbonyl (C=O) groups is 1. The summed E-state index contributed by atoms with van der Waals surface area (Å²) >= 11 is 1.20. The second kappa shape index (κ2) is 7.49. The Morgan fingerprint density at radius 2 is 2.04 bits per heavy atom. The fraction of sp³-hybridized carbons (Fsp3) is 0.500. The van der Waals surface area contributed by atoms with Crippen molar-refractivity contribution in [3.8, 4) is 5.75 Å². The Labute approximate surface area is 152 Å². The fourth-order valence-corrected chi connectivity index (χ4v) is 4.12. The summed E-state index contributed by atoms with van der Waals surface area (Å²) in [7, 11) is 5.81. The van der Waals surface area contributed by atoms with E-state index in [1.165, 1.54) is 17.1 Å². The number of aromatic nitrogens is 2. The largest absolute Gasteiger partial charge is 0.497 e. The zero-order valence-electron chi connectivity index (χ0n) is 15.1. The van der Waals surface area contributed by atoms with Crippen LogP contribution in [0.4, 0.5) is 0 Å². The molecule has 2 unspecified atom stereocenters. The lowest BCUT2D eigenvalue weighted by Crippen LogP contribution is -2.35. The monoisotopic (exact) mass is 360 g/mol. The molecule has 0 radical (unpaired) electrons. The van der Waals surface area contributed by atoms with Crippen LogP contribution in [0.25, 0.3) is 0 Å². The summed E-state index contributed by atoms with van der Waals surface area (Å²) in [5, 5.41) is 4.07. The van der Waals surface area contributed by atoms with Crippen molar-refractivity contribution in [3.63, 3.8) is 0 Å². The van der Waals surface area contributed by atoms with Crippen molar-refractivity contribution in [3.05, 3.63) is 40.4 Å². The summed E-state index contributed by atoms with van der Waals surface area (Å²) in [4.78, 5) is 17.8. The van der Waals surface area contributed by atoms with Gasteiger partial charge in [-0.1, -0.05) is 23.5 Å². The number of carbonyl (C=O) groups excluding carboxylic acids is 1. The van der Waals surface area contributed by atoms with Gasteiger partial charge in [0, 0.05) is 25.0 Å². The number of benzene rings is 1. The van der Waals surface area contributed by atoms with Crippen molar-refractivity contribution in [2.75, 3.05) is 34.3 Å². The average Bonchev–Trinajstić information content (AvgIpc) is 3.28. The maximum absolute atomic E-state index is 13.0. The maximum Gasteiger partial charge on any atom is 0.267 e. The number of hydrogen-bond donors (Lipinski definition) is 0. The van der Waals surface area contributed by atoms with Gasteiger partial charge in [-0.15, -0.1) is 5.10 Å². The Balaban J connectivity index is 1.83. The second-order valence-electron chi connectivity index (χ2n) is 6.52. The van der Waals surface area contributed by atoms with E-state index < -0.39 is 0 Å². The highest BCUT2D eigenvalue weighted by molar-refractivity contribution is 7.08. The summed E-state index contributed by atoms with van der Waals surface area (Å²) in [5.41, 5.74) is 2.03. The number of ether oxygens (including phenoxy) is 1. The fourth-order valence-electron chi connectivity index (χ4n) is 3.40. The Morgan fingerprint density at radius 3 is 2.64 bits per heavy atom. The molecule has 1 aromatic heterocycles. The molecule has 2 aromatic rings. The molecule has 0 spiro atoms. The lowest BCUT2D eigenvalue weighted by Gasteiger charge is -2.25. The van der Waals surface area contributed by atoms with Crippen molar-refractivity contribution >= 4 is 17.4 Å². The standard InChI is InChI=1S/C18H24N4O2S/c1-5-15-17(25-20-19-15)18(23)22-10-14(16(11-22)21(2)3)12-6-8-13(24-4)9-7-12/h6-9,14,16H,5,10-11H2,1-4H3. The number of amides is 1. The summed E-state index contributed by atoms with van der Waals surface area (Å²) in [6, 6.07) is 8.44. The van der Waals surface area contributed by atoms with Gasteiger partial charge in [0.25, 0.3) is 5.91 Å². The van der Waals surface area contributed by atoms with E-state index in [4.69, 9.17) is 4.74 Å². The van der Waals surface area contributed by atoms with Gasteiger partial charge in [0.15, 0.2) is 0 Å². The average molecular weight is 360 g/mol. The summed E-state index contributed by atoms with van der Waals surface area (Å²) in [5.74, 6) is 1.17. The van der Waals surface area contributed by atoms with Crippen molar-refractivity contribution in [1.29, 1.82) is 0 Å². The van der Waals surface area contributed by atoms with Crippen molar-refractivity contribution in [2.45, 2.75) is 25.3 Å². The van der Waals surface area contributed by atoms with E-state index in [0.717, 1.165) is 17.9 Å². The summed E-state index contributed by atoms with van der Waals surface area (Å²) in [6.45, 7) is 3.42. The smallest absolute Gasteiger partial charge is 0.267 e. The van der Waals surface area contributed by atoms with Crippen LogP contribution in [0.15, 0.2) is 24.3 Å². The molecule has 7 heteroatoms. The van der Waals surface area contributed by atoms with Crippen molar-refractivity contribution in [1.82, 2.24) is 19.4 Å². The van der Waals surface area contributed by atoms with Gasteiger partial charge in [-0.25, -0.2) is 0 Å². The Bertz CT molecular complexity index is 729. The normalized spacial score (nSPS) is 20.3. The molecule has 1 fully saturated rings. The first-order valence-corrected chi connectivity index (χ1v) is 9.23. The van der Waals surface area contributed by atoms with Crippen LogP contribution >= 0.6 is 11.5 Å². The van der Waals surface area contributed by atoms with Crippen LogP contribution in [0.1, 0.15) is 33.8 Å². The van der Waals surface area contributed by atoms with Crippen LogP contribution in [0.5, 0.6) is 5.75 Å². The minimum Gasteiger partial charge on any atom is -0.497 e. The first-order valence-electron chi connectivity index (χ1n) is 8.46. The van der Waals surface area contributed by atoms with Gasteiger partial charge in [0.05, 0.1) is 12.8 Å². The first-order chi connectivity index (χ1) is 12.0. The van der Waals surface area contributed by atoms with Crippen molar-refractivity contribution < 1.29 is 9.53 Å². The van der Waals surface area contributed by atoms with Crippen LogP contribution in [-0.4, -0.2) is 65.6 Å². The van der Waals surface area contributed by atoms with Gasteiger partial charge >= 0.3 is 0 Å². The molecule has 2 heterocycles. The van der Waals surface area contributed by atoms with E-state index in [9.17, 15) is 4.79 Å². The van der Waals surface area contributed by atoms with Crippen LogP contribution in [0, 0.1) is 0 Å². The lowest BCUT2D eigenvalue weighted by atomic mass is 9.93. The molecule has 1 aromatic carbocycles. The highest BCUT2D eigenvalue weighted by Crippen LogP contribution is 2.32. The van der Waals surface area contributed by atoms with Crippen molar-refractivity contribution in [2.24, 2.45) is 0 Å². The maximum atomic E-state index is 13.0. The molecule has 0 aliphatic carbocycles. The SMILES string of the molecule is CCc1nnsc1C(=O)N1CC(c2ccc(OC)cc2)C(N(C)C)C1. The zero-order chi connectivity index (χ0) is 18.0. The molecule has 1 aliphatic heterocycles.